The van der Waals surface area contributed by atoms with Crippen molar-refractivity contribution in [3.8, 4) is 0 Å². The van der Waals surface area contributed by atoms with Crippen molar-refractivity contribution < 1.29 is 13.5 Å². The van der Waals surface area contributed by atoms with Crippen LogP contribution in [0.2, 0.25) is 0 Å². The number of thiocarbonyl (C=S) groups is 1. The molecule has 0 unspecified atom stereocenters. The first-order chi connectivity index (χ1) is 15.1. The Morgan fingerprint density at radius 1 is 1.32 bits per heavy atom. The van der Waals surface area contributed by atoms with Crippen LogP contribution in [-0.4, -0.2) is 46.5 Å². The summed E-state index contributed by atoms with van der Waals surface area (Å²) in [5.74, 6) is -0.169. The van der Waals surface area contributed by atoms with Crippen molar-refractivity contribution in [2.24, 2.45) is 0 Å². The van der Waals surface area contributed by atoms with Gasteiger partial charge in [-0.15, -0.1) is 0 Å². The Hall–Kier alpha value is -2.85. The van der Waals surface area contributed by atoms with Crippen molar-refractivity contribution in [3.05, 3.63) is 53.9 Å². The third kappa shape index (κ3) is 4.75. The van der Waals surface area contributed by atoms with Crippen LogP contribution < -0.4 is 15.5 Å². The van der Waals surface area contributed by atoms with E-state index in [1.54, 1.807) is 24.0 Å². The van der Waals surface area contributed by atoms with E-state index in [4.69, 9.17) is 21.9 Å². The van der Waals surface area contributed by atoms with Gasteiger partial charge in [-0.3, -0.25) is 0 Å². The lowest BCUT2D eigenvalue weighted by Gasteiger charge is -2.26. The smallest absolute Gasteiger partial charge is 0.180 e. The first kappa shape index (κ1) is 21.4. The molecule has 2 aromatic heterocycles. The van der Waals surface area contributed by atoms with Crippen LogP contribution in [-0.2, 0) is 4.74 Å². The third-order valence-corrected chi connectivity index (χ3v) is 5.52. The van der Waals surface area contributed by atoms with Crippen molar-refractivity contribution in [2.75, 3.05) is 37.0 Å². The van der Waals surface area contributed by atoms with Gasteiger partial charge in [-0.05, 0) is 55.7 Å². The highest BCUT2D eigenvalue weighted by atomic mass is 32.1. The molecular weight excluding hydrogens is 422 g/mol. The summed E-state index contributed by atoms with van der Waals surface area (Å²) in [6.45, 7) is 2.05. The SMILES string of the molecule is COCCCNC(=S)Nc1cnn2ccc(N3CCC[C@@H]3c3cc(F)ccc3F)nc12. The second-order valence-electron chi connectivity index (χ2n) is 7.36. The average molecular weight is 447 g/mol. The summed E-state index contributed by atoms with van der Waals surface area (Å²) in [4.78, 5) is 6.76. The zero-order valence-corrected chi connectivity index (χ0v) is 18.0. The second kappa shape index (κ2) is 9.52. The van der Waals surface area contributed by atoms with Crippen LogP contribution >= 0.6 is 12.2 Å². The van der Waals surface area contributed by atoms with Crippen LogP contribution in [0.25, 0.3) is 5.65 Å². The van der Waals surface area contributed by atoms with Gasteiger partial charge in [0.25, 0.3) is 0 Å². The molecule has 31 heavy (non-hydrogen) atoms. The van der Waals surface area contributed by atoms with E-state index in [9.17, 15) is 8.78 Å². The van der Waals surface area contributed by atoms with Gasteiger partial charge in [0, 0.05) is 38.6 Å². The number of nitrogens with one attached hydrogen (secondary N) is 2. The Bertz CT molecular complexity index is 1080. The fraction of sp³-hybridized carbons (Fsp3) is 0.381. The van der Waals surface area contributed by atoms with E-state index < -0.39 is 11.6 Å². The molecule has 1 aliphatic heterocycles. The number of nitrogens with zero attached hydrogens (tertiary/aromatic N) is 4. The minimum absolute atomic E-state index is 0.270. The largest absolute Gasteiger partial charge is 0.385 e. The van der Waals surface area contributed by atoms with E-state index in [0.717, 1.165) is 25.3 Å². The Morgan fingerprint density at radius 3 is 3.03 bits per heavy atom. The molecule has 10 heteroatoms. The Kier molecular flexibility index (Phi) is 6.57. The molecule has 7 nitrogen and oxygen atoms in total. The van der Waals surface area contributed by atoms with Crippen molar-refractivity contribution in [1.82, 2.24) is 19.9 Å². The number of hydrogen-bond acceptors (Lipinski definition) is 5. The number of hydrogen-bond donors (Lipinski definition) is 2. The highest BCUT2D eigenvalue weighted by Crippen LogP contribution is 2.37. The highest BCUT2D eigenvalue weighted by molar-refractivity contribution is 7.80. The maximum atomic E-state index is 14.4. The number of benzene rings is 1. The Morgan fingerprint density at radius 2 is 2.19 bits per heavy atom. The highest BCUT2D eigenvalue weighted by Gasteiger charge is 2.30. The molecule has 1 saturated heterocycles. The summed E-state index contributed by atoms with van der Waals surface area (Å²) in [6, 6.07) is 5.15. The molecule has 1 fully saturated rings. The van der Waals surface area contributed by atoms with Crippen LogP contribution in [0.4, 0.5) is 20.3 Å². The van der Waals surface area contributed by atoms with Crippen LogP contribution in [0, 0.1) is 11.6 Å². The van der Waals surface area contributed by atoms with Crippen molar-refractivity contribution in [2.45, 2.75) is 25.3 Å². The molecule has 0 spiro atoms. The lowest BCUT2D eigenvalue weighted by atomic mass is 10.0. The summed E-state index contributed by atoms with van der Waals surface area (Å²) < 4.78 is 34.8. The number of anilines is 2. The van der Waals surface area contributed by atoms with Gasteiger partial charge in [0.1, 0.15) is 23.1 Å². The number of halogens is 2. The molecule has 1 atom stereocenters. The number of fused-ring (bicyclic) bond motifs is 1. The monoisotopic (exact) mass is 446 g/mol. The molecule has 3 aromatic rings. The maximum absolute atomic E-state index is 14.4. The van der Waals surface area contributed by atoms with E-state index in [2.05, 4.69) is 15.7 Å². The molecule has 0 bridgehead atoms. The average Bonchev–Trinajstić information content (AvgIpc) is 3.40. The molecule has 3 heterocycles. The zero-order valence-electron chi connectivity index (χ0n) is 17.1. The molecule has 164 valence electrons. The van der Waals surface area contributed by atoms with Crippen molar-refractivity contribution >= 4 is 34.5 Å². The minimum Gasteiger partial charge on any atom is -0.385 e. The summed E-state index contributed by atoms with van der Waals surface area (Å²) >= 11 is 5.35. The van der Waals surface area contributed by atoms with E-state index in [0.29, 0.717) is 47.5 Å². The van der Waals surface area contributed by atoms with E-state index in [-0.39, 0.29) is 6.04 Å². The first-order valence-electron chi connectivity index (χ1n) is 10.2. The summed E-state index contributed by atoms with van der Waals surface area (Å²) in [5, 5.41) is 11.0. The van der Waals surface area contributed by atoms with Crippen LogP contribution in [0.15, 0.2) is 36.7 Å². The van der Waals surface area contributed by atoms with Crippen molar-refractivity contribution in [3.63, 3.8) is 0 Å². The van der Waals surface area contributed by atoms with Gasteiger partial charge < -0.3 is 20.3 Å². The first-order valence-corrected chi connectivity index (χ1v) is 10.6. The van der Waals surface area contributed by atoms with Gasteiger partial charge in [0.05, 0.1) is 12.2 Å². The number of aromatic nitrogens is 3. The topological polar surface area (TPSA) is 66.7 Å². The predicted octanol–water partition coefficient (Wildman–Crippen LogP) is 3.67. The van der Waals surface area contributed by atoms with E-state index >= 15 is 0 Å². The lowest BCUT2D eigenvalue weighted by molar-refractivity contribution is 0.196. The van der Waals surface area contributed by atoms with Crippen LogP contribution in [0.5, 0.6) is 0 Å². The Balaban J connectivity index is 1.55. The molecule has 0 aliphatic carbocycles. The summed E-state index contributed by atoms with van der Waals surface area (Å²) in [7, 11) is 1.66. The van der Waals surface area contributed by atoms with E-state index in [1.165, 1.54) is 12.1 Å². The van der Waals surface area contributed by atoms with Gasteiger partial charge in [-0.1, -0.05) is 0 Å². The zero-order chi connectivity index (χ0) is 21.8. The quantitative estimate of drug-likeness (QED) is 0.424. The molecular formula is C21H24F2N6OS. The fourth-order valence-corrected chi connectivity index (χ4v) is 4.04. The third-order valence-electron chi connectivity index (χ3n) is 5.28. The second-order valence-corrected chi connectivity index (χ2v) is 7.76. The molecule has 1 aliphatic rings. The van der Waals surface area contributed by atoms with Crippen molar-refractivity contribution in [1.29, 1.82) is 0 Å². The van der Waals surface area contributed by atoms with Gasteiger partial charge in [-0.25, -0.2) is 18.3 Å². The molecule has 4 rings (SSSR count). The standard InChI is InChI=1S/C21H24F2N6OS/c1-30-11-3-8-24-21(31)26-17-13-25-29-10-7-19(27-20(17)29)28-9-2-4-18(28)15-12-14(22)5-6-16(15)23/h5-7,10,12-13,18H,2-4,8-9,11H2,1H3,(H2,24,26,31)/t18-/m1/s1. The van der Waals surface area contributed by atoms with Crippen LogP contribution in [0.1, 0.15) is 30.9 Å². The maximum Gasteiger partial charge on any atom is 0.180 e. The molecule has 2 N–H and O–H groups in total. The van der Waals surface area contributed by atoms with Gasteiger partial charge in [0.2, 0.25) is 0 Å². The normalized spacial score (nSPS) is 16.1. The van der Waals surface area contributed by atoms with Gasteiger partial charge in [-0.2, -0.15) is 5.10 Å². The molecule has 1 aromatic carbocycles. The number of ether oxygens (including phenoxy) is 1. The molecule has 0 amide bonds. The van der Waals surface area contributed by atoms with Gasteiger partial charge >= 0.3 is 0 Å². The van der Waals surface area contributed by atoms with E-state index in [1.807, 2.05) is 11.0 Å². The molecule has 0 radical (unpaired) electrons. The number of rotatable bonds is 7. The predicted molar refractivity (Wildman–Crippen MR) is 119 cm³/mol. The minimum atomic E-state index is -0.444. The molecule has 0 saturated carbocycles. The van der Waals surface area contributed by atoms with Crippen LogP contribution in [0.3, 0.4) is 0 Å². The Labute approximate surface area is 184 Å². The summed E-state index contributed by atoms with van der Waals surface area (Å²) in [6.07, 6.45) is 5.89. The van der Waals surface area contributed by atoms with Gasteiger partial charge in [0.15, 0.2) is 10.8 Å². The number of methoxy groups -OCH3 is 1. The summed E-state index contributed by atoms with van der Waals surface area (Å²) in [5.41, 5.74) is 1.62. The lowest BCUT2D eigenvalue weighted by Crippen LogP contribution is -2.29. The fourth-order valence-electron chi connectivity index (χ4n) is 3.83.